The molecule has 0 saturated carbocycles. The molecule has 0 heterocycles. The van der Waals surface area contributed by atoms with Gasteiger partial charge >= 0.3 is 5.97 Å². The molecule has 0 radical (unpaired) electrons. The lowest BCUT2D eigenvalue weighted by molar-refractivity contribution is -0.129. The molecule has 0 aliphatic rings. The summed E-state index contributed by atoms with van der Waals surface area (Å²) in [6, 6.07) is 7.07. The molecular formula is C8H6BrClN2O2. The van der Waals surface area contributed by atoms with E-state index in [2.05, 4.69) is 26.5 Å². The summed E-state index contributed by atoms with van der Waals surface area (Å²) in [7, 11) is 0. The Balaban J connectivity index is 2.66. The van der Waals surface area contributed by atoms with Crippen LogP contribution in [0.3, 0.4) is 0 Å². The Morgan fingerprint density at radius 3 is 2.50 bits per heavy atom. The van der Waals surface area contributed by atoms with Gasteiger partial charge in [0.2, 0.25) is 5.17 Å². The molecule has 1 aromatic rings. The molecule has 0 aromatic heterocycles. The third kappa shape index (κ3) is 3.35. The minimum atomic E-state index is -1.27. The largest absolute Gasteiger partial charge is 0.476 e. The second kappa shape index (κ2) is 4.97. The number of carbonyl (C=O) groups is 1. The molecule has 0 aliphatic heterocycles. The van der Waals surface area contributed by atoms with Gasteiger partial charge < -0.3 is 5.11 Å². The van der Waals surface area contributed by atoms with E-state index in [9.17, 15) is 4.79 Å². The molecule has 6 heteroatoms. The van der Waals surface area contributed by atoms with Gasteiger partial charge in [0.25, 0.3) is 0 Å². The number of hydrogen-bond acceptors (Lipinski definition) is 3. The first-order chi connectivity index (χ1) is 6.59. The molecule has 1 aromatic carbocycles. The van der Waals surface area contributed by atoms with Crippen LogP contribution in [0.2, 0.25) is 0 Å². The van der Waals surface area contributed by atoms with E-state index in [1.807, 2.05) is 0 Å². The number of anilines is 1. The van der Waals surface area contributed by atoms with Gasteiger partial charge in [0, 0.05) is 4.47 Å². The van der Waals surface area contributed by atoms with E-state index in [1.54, 1.807) is 24.3 Å². The van der Waals surface area contributed by atoms with Crippen LogP contribution in [-0.2, 0) is 4.79 Å². The fourth-order valence-corrected chi connectivity index (χ4v) is 0.992. The van der Waals surface area contributed by atoms with Crippen LogP contribution in [0.5, 0.6) is 0 Å². The summed E-state index contributed by atoms with van der Waals surface area (Å²) < 4.78 is 0.927. The predicted molar refractivity (Wildman–Crippen MR) is 58.7 cm³/mol. The first kappa shape index (κ1) is 11.0. The van der Waals surface area contributed by atoms with Crippen molar-refractivity contribution in [3.05, 3.63) is 28.7 Å². The first-order valence-electron chi connectivity index (χ1n) is 3.57. The Bertz CT molecular complexity index is 364. The second-order valence-electron chi connectivity index (χ2n) is 2.33. The number of hydrogen-bond donors (Lipinski definition) is 2. The van der Waals surface area contributed by atoms with E-state index in [0.717, 1.165) is 4.47 Å². The van der Waals surface area contributed by atoms with Crippen molar-refractivity contribution < 1.29 is 9.90 Å². The second-order valence-corrected chi connectivity index (χ2v) is 3.60. The maximum absolute atomic E-state index is 10.3. The van der Waals surface area contributed by atoms with Crippen molar-refractivity contribution in [3.8, 4) is 0 Å². The fourth-order valence-electron chi connectivity index (χ4n) is 0.686. The minimum Gasteiger partial charge on any atom is -0.476 e. The van der Waals surface area contributed by atoms with Crippen molar-refractivity contribution in [2.24, 2.45) is 5.10 Å². The van der Waals surface area contributed by atoms with E-state index in [-0.39, 0.29) is 0 Å². The van der Waals surface area contributed by atoms with E-state index < -0.39 is 11.1 Å². The molecule has 2 N–H and O–H groups in total. The number of carboxylic acids is 1. The number of hydrazone groups is 1. The van der Waals surface area contributed by atoms with Gasteiger partial charge in [-0.1, -0.05) is 27.5 Å². The number of carboxylic acid groups (broad SMARTS) is 1. The fraction of sp³-hybridized carbons (Fsp3) is 0. The molecule has 0 bridgehead atoms. The lowest BCUT2D eigenvalue weighted by atomic mass is 10.3. The zero-order chi connectivity index (χ0) is 10.6. The number of nitrogens with one attached hydrogen (secondary N) is 1. The predicted octanol–water partition coefficient (Wildman–Crippen LogP) is 2.50. The summed E-state index contributed by atoms with van der Waals surface area (Å²) in [5.74, 6) is -1.27. The molecule has 0 saturated heterocycles. The quantitative estimate of drug-likeness (QED) is 0.659. The van der Waals surface area contributed by atoms with E-state index >= 15 is 0 Å². The molecule has 74 valence electrons. The monoisotopic (exact) mass is 276 g/mol. The van der Waals surface area contributed by atoms with Crippen LogP contribution in [-0.4, -0.2) is 16.2 Å². The van der Waals surface area contributed by atoms with Crippen molar-refractivity contribution in [3.63, 3.8) is 0 Å². The Morgan fingerprint density at radius 2 is 2.00 bits per heavy atom. The molecule has 0 amide bonds. The number of rotatable bonds is 3. The summed E-state index contributed by atoms with van der Waals surface area (Å²) in [6.45, 7) is 0. The van der Waals surface area contributed by atoms with Crippen molar-refractivity contribution in [1.29, 1.82) is 0 Å². The van der Waals surface area contributed by atoms with Crippen LogP contribution < -0.4 is 5.43 Å². The highest BCUT2D eigenvalue weighted by Gasteiger charge is 2.03. The Kier molecular flexibility index (Phi) is 3.91. The summed E-state index contributed by atoms with van der Waals surface area (Å²) in [5.41, 5.74) is 3.17. The Hall–Kier alpha value is -1.07. The molecule has 0 aliphatic carbocycles. The third-order valence-corrected chi connectivity index (χ3v) is 2.08. The third-order valence-electron chi connectivity index (χ3n) is 1.30. The maximum atomic E-state index is 10.3. The number of halogens is 2. The van der Waals surface area contributed by atoms with E-state index in [4.69, 9.17) is 16.7 Å². The van der Waals surface area contributed by atoms with E-state index in [1.165, 1.54) is 0 Å². The zero-order valence-corrected chi connectivity index (χ0v) is 9.21. The molecule has 0 spiro atoms. The number of benzene rings is 1. The average molecular weight is 278 g/mol. The minimum absolute atomic E-state index is 0.507. The lowest BCUT2D eigenvalue weighted by Gasteiger charge is -1.99. The van der Waals surface area contributed by atoms with Crippen molar-refractivity contribution in [2.45, 2.75) is 0 Å². The van der Waals surface area contributed by atoms with Crippen LogP contribution in [0.15, 0.2) is 33.8 Å². The highest BCUT2D eigenvalue weighted by Crippen LogP contribution is 2.13. The molecule has 4 nitrogen and oxygen atoms in total. The Labute approximate surface area is 93.7 Å². The van der Waals surface area contributed by atoms with Crippen molar-refractivity contribution >= 4 is 44.4 Å². The molecule has 14 heavy (non-hydrogen) atoms. The summed E-state index contributed by atoms with van der Waals surface area (Å²) in [6.07, 6.45) is 0. The van der Waals surface area contributed by atoms with Gasteiger partial charge in [-0.05, 0) is 24.3 Å². The van der Waals surface area contributed by atoms with Crippen LogP contribution in [0.1, 0.15) is 0 Å². The first-order valence-corrected chi connectivity index (χ1v) is 4.75. The van der Waals surface area contributed by atoms with Crippen molar-refractivity contribution in [1.82, 2.24) is 0 Å². The van der Waals surface area contributed by atoms with Gasteiger partial charge in [-0.25, -0.2) is 4.79 Å². The number of aliphatic carboxylic acids is 1. The van der Waals surface area contributed by atoms with Crippen molar-refractivity contribution in [2.75, 3.05) is 5.43 Å². The highest BCUT2D eigenvalue weighted by molar-refractivity contribution is 9.10. The van der Waals surface area contributed by atoms with Crippen LogP contribution in [0.4, 0.5) is 5.69 Å². The van der Waals surface area contributed by atoms with E-state index in [0.29, 0.717) is 5.69 Å². The maximum Gasteiger partial charge on any atom is 0.368 e. The van der Waals surface area contributed by atoms with Gasteiger partial charge in [0.1, 0.15) is 0 Å². The highest BCUT2D eigenvalue weighted by atomic mass is 79.9. The molecule has 0 atom stereocenters. The van der Waals surface area contributed by atoms with Gasteiger partial charge in [-0.3, -0.25) is 5.43 Å². The van der Waals surface area contributed by atoms with Gasteiger partial charge in [-0.2, -0.15) is 5.10 Å². The topological polar surface area (TPSA) is 61.7 Å². The molecule has 0 unspecified atom stereocenters. The smallest absolute Gasteiger partial charge is 0.368 e. The van der Waals surface area contributed by atoms with Crippen LogP contribution in [0, 0.1) is 0 Å². The SMILES string of the molecule is O=C(O)/C(Cl)=N/Nc1ccc(Br)cc1. The Morgan fingerprint density at radius 1 is 1.43 bits per heavy atom. The lowest BCUT2D eigenvalue weighted by Crippen LogP contribution is -2.07. The number of nitrogens with zero attached hydrogens (tertiary/aromatic N) is 1. The zero-order valence-electron chi connectivity index (χ0n) is 6.87. The summed E-state index contributed by atoms with van der Waals surface area (Å²) >= 11 is 8.54. The van der Waals surface area contributed by atoms with Crippen LogP contribution in [0.25, 0.3) is 0 Å². The molecular weight excluding hydrogens is 271 g/mol. The van der Waals surface area contributed by atoms with Gasteiger partial charge in [0.15, 0.2) is 0 Å². The van der Waals surface area contributed by atoms with Gasteiger partial charge in [0.05, 0.1) is 5.69 Å². The summed E-state index contributed by atoms with van der Waals surface area (Å²) in [5, 5.41) is 11.3. The molecule has 0 fully saturated rings. The van der Waals surface area contributed by atoms with Gasteiger partial charge in [-0.15, -0.1) is 0 Å². The average Bonchev–Trinajstić information content (AvgIpc) is 2.16. The standard InChI is InChI=1S/C8H6BrClN2O2/c9-5-1-3-6(4-2-5)11-12-7(10)8(13)14/h1-4,11H,(H,13,14)/b12-7-. The molecule has 1 rings (SSSR count). The summed E-state index contributed by atoms with van der Waals surface area (Å²) in [4.78, 5) is 10.3. The normalized spacial score (nSPS) is 11.1. The van der Waals surface area contributed by atoms with Crippen LogP contribution >= 0.6 is 27.5 Å².